The van der Waals surface area contributed by atoms with E-state index in [-0.39, 0.29) is 11.5 Å². The number of thioether (sulfide) groups is 1. The lowest BCUT2D eigenvalue weighted by atomic mass is 10.1. The molecule has 1 aromatic heterocycles. The monoisotopic (exact) mass is 489 g/mol. The fraction of sp³-hybridized carbons (Fsp3) is 0.222. The van der Waals surface area contributed by atoms with Crippen molar-refractivity contribution in [1.29, 1.82) is 0 Å². The van der Waals surface area contributed by atoms with E-state index in [4.69, 9.17) is 14.5 Å². The molecular weight excluding hydrogens is 462 g/mol. The average molecular weight is 490 g/mol. The van der Waals surface area contributed by atoms with Crippen LogP contribution in [-0.2, 0) is 4.79 Å². The number of aromatic nitrogens is 2. The Balaban J connectivity index is 1.76. The SMILES string of the molecule is COc1ccc(-n2c(SC(C)C(=O)Nc3cc(C)ccc3C)nc3ccccc3c2=O)cc1OC. The molecule has 7 nitrogen and oxygen atoms in total. The number of hydrogen-bond donors (Lipinski definition) is 1. The van der Waals surface area contributed by atoms with Crippen molar-refractivity contribution in [3.63, 3.8) is 0 Å². The van der Waals surface area contributed by atoms with Gasteiger partial charge in [-0.25, -0.2) is 4.98 Å². The number of anilines is 1. The van der Waals surface area contributed by atoms with Crippen LogP contribution < -0.4 is 20.3 Å². The number of nitrogens with one attached hydrogen (secondary N) is 1. The van der Waals surface area contributed by atoms with Crippen LogP contribution in [0.2, 0.25) is 0 Å². The van der Waals surface area contributed by atoms with Gasteiger partial charge in [0.15, 0.2) is 16.7 Å². The molecular formula is C27H27N3O4S. The zero-order chi connectivity index (χ0) is 25.1. The molecule has 8 heteroatoms. The maximum absolute atomic E-state index is 13.6. The van der Waals surface area contributed by atoms with Gasteiger partial charge in [-0.05, 0) is 62.2 Å². The van der Waals surface area contributed by atoms with Crippen molar-refractivity contribution in [2.75, 3.05) is 19.5 Å². The smallest absolute Gasteiger partial charge is 0.266 e. The van der Waals surface area contributed by atoms with E-state index < -0.39 is 5.25 Å². The number of fused-ring (bicyclic) bond motifs is 1. The van der Waals surface area contributed by atoms with Gasteiger partial charge < -0.3 is 14.8 Å². The van der Waals surface area contributed by atoms with E-state index in [1.54, 1.807) is 57.5 Å². The van der Waals surface area contributed by atoms with E-state index in [9.17, 15) is 9.59 Å². The van der Waals surface area contributed by atoms with Crippen LogP contribution in [0, 0.1) is 13.8 Å². The number of methoxy groups -OCH3 is 2. The summed E-state index contributed by atoms with van der Waals surface area (Å²) >= 11 is 1.22. The second-order valence-electron chi connectivity index (χ2n) is 8.16. The van der Waals surface area contributed by atoms with E-state index >= 15 is 0 Å². The molecule has 0 aliphatic carbocycles. The Labute approximate surface area is 208 Å². The van der Waals surface area contributed by atoms with E-state index in [1.807, 2.05) is 38.1 Å². The van der Waals surface area contributed by atoms with Gasteiger partial charge in [-0.2, -0.15) is 0 Å². The van der Waals surface area contributed by atoms with Gasteiger partial charge in [0.1, 0.15) is 0 Å². The number of carbonyl (C=O) groups excluding carboxylic acids is 1. The average Bonchev–Trinajstić information content (AvgIpc) is 2.86. The van der Waals surface area contributed by atoms with Crippen molar-refractivity contribution in [2.24, 2.45) is 0 Å². The highest BCUT2D eigenvalue weighted by atomic mass is 32.2. The summed E-state index contributed by atoms with van der Waals surface area (Å²) in [5, 5.41) is 3.38. The third-order valence-corrected chi connectivity index (χ3v) is 6.72. The molecule has 0 radical (unpaired) electrons. The molecule has 1 heterocycles. The first-order valence-corrected chi connectivity index (χ1v) is 12.0. The first-order chi connectivity index (χ1) is 16.8. The highest BCUT2D eigenvalue weighted by Crippen LogP contribution is 2.32. The fourth-order valence-electron chi connectivity index (χ4n) is 3.70. The number of nitrogens with zero attached hydrogens (tertiary/aromatic N) is 2. The summed E-state index contributed by atoms with van der Waals surface area (Å²) in [7, 11) is 3.09. The summed E-state index contributed by atoms with van der Waals surface area (Å²) in [6.45, 7) is 5.73. The van der Waals surface area contributed by atoms with Crippen LogP contribution in [0.3, 0.4) is 0 Å². The number of ether oxygens (including phenoxy) is 2. The Kier molecular flexibility index (Phi) is 7.12. The Morgan fingerprint density at radius 2 is 1.74 bits per heavy atom. The summed E-state index contributed by atoms with van der Waals surface area (Å²) in [6.07, 6.45) is 0. The third kappa shape index (κ3) is 5.02. The van der Waals surface area contributed by atoms with Crippen molar-refractivity contribution in [2.45, 2.75) is 31.2 Å². The Morgan fingerprint density at radius 1 is 1.00 bits per heavy atom. The van der Waals surface area contributed by atoms with Crippen molar-refractivity contribution >= 4 is 34.3 Å². The Hall–Kier alpha value is -3.78. The number of amides is 1. The predicted octanol–water partition coefficient (Wildman–Crippen LogP) is 5.14. The molecule has 1 amide bonds. The van der Waals surface area contributed by atoms with Crippen molar-refractivity contribution < 1.29 is 14.3 Å². The van der Waals surface area contributed by atoms with Crippen molar-refractivity contribution in [3.05, 3.63) is 82.1 Å². The standard InChI is InChI=1S/C27H27N3O4S/c1-16-10-11-17(2)22(14-16)28-25(31)18(3)35-27-29-21-9-7-6-8-20(21)26(32)30(27)19-12-13-23(33-4)24(15-19)34-5/h6-15,18H,1-5H3,(H,28,31). The number of benzene rings is 3. The van der Waals surface area contributed by atoms with Crippen LogP contribution in [0.1, 0.15) is 18.1 Å². The highest BCUT2D eigenvalue weighted by molar-refractivity contribution is 8.00. The number of aryl methyl sites for hydroxylation is 2. The van der Waals surface area contributed by atoms with Gasteiger partial charge in [0, 0.05) is 11.8 Å². The molecule has 0 saturated heterocycles. The number of carbonyl (C=O) groups is 1. The number of para-hydroxylation sites is 1. The summed E-state index contributed by atoms with van der Waals surface area (Å²) in [5.74, 6) is 0.861. The van der Waals surface area contributed by atoms with Crippen molar-refractivity contribution in [1.82, 2.24) is 9.55 Å². The molecule has 4 rings (SSSR count). The third-order valence-electron chi connectivity index (χ3n) is 5.67. The molecule has 1 unspecified atom stereocenters. The normalized spacial score (nSPS) is 11.8. The maximum atomic E-state index is 13.6. The first-order valence-electron chi connectivity index (χ1n) is 11.1. The van der Waals surface area contributed by atoms with E-state index in [0.717, 1.165) is 16.8 Å². The zero-order valence-corrected chi connectivity index (χ0v) is 21.1. The molecule has 0 fully saturated rings. The van der Waals surface area contributed by atoms with Gasteiger partial charge in [0.25, 0.3) is 5.56 Å². The highest BCUT2D eigenvalue weighted by Gasteiger charge is 2.21. The molecule has 0 bridgehead atoms. The lowest BCUT2D eigenvalue weighted by molar-refractivity contribution is -0.115. The second kappa shape index (κ2) is 10.2. The molecule has 1 atom stereocenters. The molecule has 0 aliphatic heterocycles. The molecule has 0 spiro atoms. The van der Waals surface area contributed by atoms with Crippen LogP contribution in [0.5, 0.6) is 11.5 Å². The molecule has 180 valence electrons. The minimum atomic E-state index is -0.519. The van der Waals surface area contributed by atoms with Gasteiger partial charge in [0.05, 0.1) is 36.1 Å². The Bertz CT molecular complexity index is 1470. The Morgan fingerprint density at radius 3 is 2.49 bits per heavy atom. The number of rotatable bonds is 7. The van der Waals surface area contributed by atoms with Gasteiger partial charge >= 0.3 is 0 Å². The summed E-state index contributed by atoms with van der Waals surface area (Å²) in [6, 6.07) is 18.3. The molecule has 4 aromatic rings. The fourth-order valence-corrected chi connectivity index (χ4v) is 4.63. The van der Waals surface area contributed by atoms with Crippen molar-refractivity contribution in [3.8, 4) is 17.2 Å². The zero-order valence-electron chi connectivity index (χ0n) is 20.3. The van der Waals surface area contributed by atoms with E-state index in [1.165, 1.54) is 16.3 Å². The van der Waals surface area contributed by atoms with Crippen LogP contribution in [0.4, 0.5) is 5.69 Å². The van der Waals surface area contributed by atoms with Crippen LogP contribution in [-0.4, -0.2) is 34.9 Å². The van der Waals surface area contributed by atoms with Gasteiger partial charge in [-0.3, -0.25) is 14.2 Å². The summed E-state index contributed by atoms with van der Waals surface area (Å²) in [5.41, 5.74) is 3.71. The minimum Gasteiger partial charge on any atom is -0.493 e. The van der Waals surface area contributed by atoms with Gasteiger partial charge in [-0.15, -0.1) is 0 Å². The quantitative estimate of drug-likeness (QED) is 0.286. The molecule has 0 aliphatic rings. The van der Waals surface area contributed by atoms with Gasteiger partial charge in [0.2, 0.25) is 5.91 Å². The van der Waals surface area contributed by atoms with E-state index in [0.29, 0.717) is 33.2 Å². The minimum absolute atomic E-state index is 0.176. The maximum Gasteiger partial charge on any atom is 0.266 e. The summed E-state index contributed by atoms with van der Waals surface area (Å²) < 4.78 is 12.3. The first kappa shape index (κ1) is 24.3. The largest absolute Gasteiger partial charge is 0.493 e. The molecule has 0 saturated carbocycles. The molecule has 3 aromatic carbocycles. The summed E-state index contributed by atoms with van der Waals surface area (Å²) in [4.78, 5) is 31.4. The topological polar surface area (TPSA) is 82.5 Å². The molecule has 35 heavy (non-hydrogen) atoms. The molecule has 1 N–H and O–H groups in total. The van der Waals surface area contributed by atoms with E-state index in [2.05, 4.69) is 5.32 Å². The predicted molar refractivity (Wildman–Crippen MR) is 140 cm³/mol. The lowest BCUT2D eigenvalue weighted by Crippen LogP contribution is -2.26. The van der Waals surface area contributed by atoms with Crippen LogP contribution in [0.15, 0.2) is 70.6 Å². The second-order valence-corrected chi connectivity index (χ2v) is 9.47. The van der Waals surface area contributed by atoms with Crippen LogP contribution >= 0.6 is 11.8 Å². The number of hydrogen-bond acceptors (Lipinski definition) is 6. The lowest BCUT2D eigenvalue weighted by Gasteiger charge is -2.18. The van der Waals surface area contributed by atoms with Gasteiger partial charge in [-0.1, -0.05) is 36.0 Å². The van der Waals surface area contributed by atoms with Crippen LogP contribution in [0.25, 0.3) is 16.6 Å².